The number of aromatic nitrogens is 1. The van der Waals surface area contributed by atoms with Gasteiger partial charge in [0, 0.05) is 44.8 Å². The first-order valence-corrected chi connectivity index (χ1v) is 15.5. The minimum atomic E-state index is -5.26. The number of sulfone groups is 1. The summed E-state index contributed by atoms with van der Waals surface area (Å²) in [4.78, 5) is 30.3. The number of alkyl halides is 3. The molecule has 2 N–H and O–H groups in total. The van der Waals surface area contributed by atoms with Crippen LogP contribution in [0.1, 0.15) is 23.6 Å². The van der Waals surface area contributed by atoms with Gasteiger partial charge in [-0.15, -0.1) is 0 Å². The zero-order valence-corrected chi connectivity index (χ0v) is 22.7. The van der Waals surface area contributed by atoms with Crippen molar-refractivity contribution in [2.45, 2.75) is 30.0 Å². The normalized spacial score (nSPS) is 22.1. The fraction of sp³-hybridized carbons (Fsp3) is 0.458. The molecule has 2 aliphatic rings. The second-order valence-corrected chi connectivity index (χ2v) is 13.8. The lowest BCUT2D eigenvalue weighted by Crippen LogP contribution is -2.52. The molecule has 0 aliphatic carbocycles. The van der Waals surface area contributed by atoms with Crippen LogP contribution in [-0.4, -0.2) is 86.8 Å². The van der Waals surface area contributed by atoms with Gasteiger partial charge in [-0.1, -0.05) is 18.2 Å². The van der Waals surface area contributed by atoms with E-state index in [9.17, 15) is 39.6 Å². The Morgan fingerprint density at radius 3 is 2.42 bits per heavy atom. The van der Waals surface area contributed by atoms with Crippen molar-refractivity contribution in [1.29, 1.82) is 0 Å². The van der Waals surface area contributed by atoms with Crippen molar-refractivity contribution in [3.05, 3.63) is 53.9 Å². The lowest BCUT2D eigenvalue weighted by molar-refractivity contribution is -0.189. The SMILES string of the molecule is NCc1cc(S(=O)(=O)N2C[C@@H](C(=O)N3CCS(=O)(=O)CC3)C[C@@H](c3ccccc3OC(=O)C(F)(F)F)C2)ccn1. The molecule has 0 unspecified atom stereocenters. The Morgan fingerprint density at radius 2 is 1.77 bits per heavy atom. The second kappa shape index (κ2) is 11.4. The fourth-order valence-electron chi connectivity index (χ4n) is 4.80. The van der Waals surface area contributed by atoms with Crippen molar-refractivity contribution >= 4 is 31.7 Å². The minimum Gasteiger partial charge on any atom is -0.420 e. The maximum absolute atomic E-state index is 13.7. The summed E-state index contributed by atoms with van der Waals surface area (Å²) in [6.07, 6.45) is -3.96. The number of carbonyl (C=O) groups excluding carboxylic acids is 2. The first-order valence-electron chi connectivity index (χ1n) is 12.2. The van der Waals surface area contributed by atoms with Crippen LogP contribution < -0.4 is 10.5 Å². The van der Waals surface area contributed by atoms with Crippen LogP contribution in [0.2, 0.25) is 0 Å². The summed E-state index contributed by atoms with van der Waals surface area (Å²) < 4.78 is 95.6. The van der Waals surface area contributed by atoms with E-state index in [1.54, 1.807) is 0 Å². The summed E-state index contributed by atoms with van der Waals surface area (Å²) in [5.41, 5.74) is 6.03. The van der Waals surface area contributed by atoms with E-state index in [0.29, 0.717) is 5.69 Å². The Labute approximate surface area is 229 Å². The Balaban J connectivity index is 1.70. The molecule has 2 aliphatic heterocycles. The number of hydrogen-bond donors (Lipinski definition) is 1. The third-order valence-electron chi connectivity index (χ3n) is 6.85. The molecule has 0 saturated carbocycles. The number of esters is 1. The minimum absolute atomic E-state index is 0.0249. The monoisotopic (exact) mass is 604 g/mol. The summed E-state index contributed by atoms with van der Waals surface area (Å²) in [6.45, 7) is -0.603. The molecule has 16 heteroatoms. The van der Waals surface area contributed by atoms with Gasteiger partial charge < -0.3 is 15.4 Å². The number of hydrogen-bond acceptors (Lipinski definition) is 9. The number of pyridine rings is 1. The molecular weight excluding hydrogens is 577 g/mol. The Bertz CT molecular complexity index is 1490. The molecule has 1 amide bonds. The van der Waals surface area contributed by atoms with E-state index in [0.717, 1.165) is 10.4 Å². The van der Waals surface area contributed by atoms with Gasteiger partial charge in [-0.25, -0.2) is 21.6 Å². The van der Waals surface area contributed by atoms with Gasteiger partial charge in [-0.2, -0.15) is 17.5 Å². The average Bonchev–Trinajstić information content (AvgIpc) is 2.92. The van der Waals surface area contributed by atoms with Gasteiger partial charge in [0.1, 0.15) is 5.75 Å². The molecule has 0 radical (unpaired) electrons. The fourth-order valence-corrected chi connectivity index (χ4v) is 7.57. The molecule has 2 saturated heterocycles. The Morgan fingerprint density at radius 1 is 1.10 bits per heavy atom. The molecule has 11 nitrogen and oxygen atoms in total. The lowest BCUT2D eigenvalue weighted by Gasteiger charge is -2.39. The number of ether oxygens (including phenoxy) is 1. The topological polar surface area (TPSA) is 157 Å². The molecular formula is C24H27F3N4O7S2. The summed E-state index contributed by atoms with van der Waals surface area (Å²) in [6, 6.07) is 8.00. The van der Waals surface area contributed by atoms with Crippen LogP contribution >= 0.6 is 0 Å². The highest BCUT2D eigenvalue weighted by Gasteiger charge is 2.44. The maximum Gasteiger partial charge on any atom is 0.491 e. The number of benzene rings is 1. The highest BCUT2D eigenvalue weighted by molar-refractivity contribution is 7.91. The third-order valence-corrected chi connectivity index (χ3v) is 10.3. The highest BCUT2D eigenvalue weighted by Crippen LogP contribution is 2.38. The first-order chi connectivity index (χ1) is 18.7. The van der Waals surface area contributed by atoms with Gasteiger partial charge >= 0.3 is 12.1 Å². The van der Waals surface area contributed by atoms with E-state index in [-0.39, 0.29) is 61.1 Å². The van der Waals surface area contributed by atoms with E-state index < -0.39 is 55.5 Å². The molecule has 0 spiro atoms. The predicted molar refractivity (Wildman–Crippen MR) is 135 cm³/mol. The number of nitrogens with two attached hydrogens (primary N) is 1. The van der Waals surface area contributed by atoms with Gasteiger partial charge in [0.15, 0.2) is 9.84 Å². The van der Waals surface area contributed by atoms with E-state index in [1.807, 2.05) is 0 Å². The van der Waals surface area contributed by atoms with Gasteiger partial charge in [0.2, 0.25) is 15.9 Å². The van der Waals surface area contributed by atoms with Gasteiger partial charge in [-0.05, 0) is 30.2 Å². The van der Waals surface area contributed by atoms with Crippen molar-refractivity contribution in [3.8, 4) is 5.75 Å². The smallest absolute Gasteiger partial charge is 0.420 e. The van der Waals surface area contributed by atoms with Crippen molar-refractivity contribution in [2.75, 3.05) is 37.7 Å². The Kier molecular flexibility index (Phi) is 8.54. The number of halogens is 3. The molecule has 4 rings (SSSR count). The second-order valence-electron chi connectivity index (χ2n) is 9.54. The molecule has 1 aromatic carbocycles. The molecule has 2 atom stereocenters. The van der Waals surface area contributed by atoms with Crippen LogP contribution in [0.5, 0.6) is 5.75 Å². The number of rotatable bonds is 6. The molecule has 2 aromatic rings. The molecule has 40 heavy (non-hydrogen) atoms. The standard InChI is InChI=1S/C24H27F3N4O7S2/c25-24(26,27)23(33)38-21-4-2-1-3-20(21)16-11-17(22(32)30-7-9-39(34,35)10-8-30)15-31(14-16)40(36,37)19-5-6-29-18(12-19)13-28/h1-6,12,16-17H,7-11,13-15,28H2/t16-,17+/m1/s1. The van der Waals surface area contributed by atoms with Crippen LogP contribution in [0.15, 0.2) is 47.5 Å². The molecule has 2 fully saturated rings. The van der Waals surface area contributed by atoms with Gasteiger partial charge in [0.05, 0.1) is 28.0 Å². The van der Waals surface area contributed by atoms with Gasteiger partial charge in [0.25, 0.3) is 0 Å². The molecule has 3 heterocycles. The number of carbonyl (C=O) groups is 2. The lowest BCUT2D eigenvalue weighted by atomic mass is 9.84. The van der Waals surface area contributed by atoms with Crippen molar-refractivity contribution in [2.24, 2.45) is 11.7 Å². The van der Waals surface area contributed by atoms with Crippen molar-refractivity contribution < 1.29 is 44.3 Å². The summed E-state index contributed by atoms with van der Waals surface area (Å²) in [5, 5.41) is 0. The predicted octanol–water partition coefficient (Wildman–Crippen LogP) is 1.06. The summed E-state index contributed by atoms with van der Waals surface area (Å²) in [5.74, 6) is -5.55. The number of sulfonamides is 1. The molecule has 1 aromatic heterocycles. The summed E-state index contributed by atoms with van der Waals surface area (Å²) >= 11 is 0. The highest BCUT2D eigenvalue weighted by atomic mass is 32.2. The quantitative estimate of drug-likeness (QED) is 0.376. The van der Waals surface area contributed by atoms with Gasteiger partial charge in [-0.3, -0.25) is 9.78 Å². The zero-order valence-electron chi connectivity index (χ0n) is 21.1. The average molecular weight is 605 g/mol. The number of amides is 1. The summed E-state index contributed by atoms with van der Waals surface area (Å²) in [7, 11) is -7.52. The van der Waals surface area contributed by atoms with E-state index in [4.69, 9.17) is 5.73 Å². The third kappa shape index (κ3) is 6.62. The van der Waals surface area contributed by atoms with Crippen LogP contribution in [0.4, 0.5) is 13.2 Å². The number of piperidine rings is 1. The van der Waals surface area contributed by atoms with Crippen LogP contribution in [-0.2, 0) is 36.0 Å². The Hall–Kier alpha value is -3.08. The number of para-hydroxylation sites is 1. The molecule has 0 bridgehead atoms. The van der Waals surface area contributed by atoms with E-state index >= 15 is 0 Å². The van der Waals surface area contributed by atoms with Crippen molar-refractivity contribution in [1.82, 2.24) is 14.2 Å². The van der Waals surface area contributed by atoms with Crippen LogP contribution in [0.25, 0.3) is 0 Å². The van der Waals surface area contributed by atoms with E-state index in [2.05, 4.69) is 9.72 Å². The van der Waals surface area contributed by atoms with Crippen LogP contribution in [0.3, 0.4) is 0 Å². The first kappa shape index (κ1) is 29.9. The number of nitrogens with zero attached hydrogens (tertiary/aromatic N) is 3. The largest absolute Gasteiger partial charge is 0.491 e. The van der Waals surface area contributed by atoms with Crippen LogP contribution in [0, 0.1) is 5.92 Å². The maximum atomic E-state index is 13.7. The molecule has 218 valence electrons. The van der Waals surface area contributed by atoms with Crippen molar-refractivity contribution in [3.63, 3.8) is 0 Å². The zero-order chi connectivity index (χ0) is 29.3. The van der Waals surface area contributed by atoms with E-state index in [1.165, 1.54) is 41.4 Å².